The van der Waals surface area contributed by atoms with Crippen LogP contribution in [0.5, 0.6) is 0 Å². The minimum Gasteiger partial charge on any atom is -0.358 e. The van der Waals surface area contributed by atoms with Crippen molar-refractivity contribution >= 4 is 5.91 Å². The molecule has 0 radical (unpaired) electrons. The van der Waals surface area contributed by atoms with Crippen molar-refractivity contribution in [1.29, 1.82) is 0 Å². The maximum Gasteiger partial charge on any atom is 0.238 e. The lowest BCUT2D eigenvalue weighted by Crippen LogP contribution is -2.37. The van der Waals surface area contributed by atoms with Crippen LogP contribution in [-0.4, -0.2) is 30.4 Å². The maximum absolute atomic E-state index is 12.5. The molecule has 1 aliphatic heterocycles. The minimum atomic E-state index is 0.0347. The number of allylic oxidation sites excluding steroid dienone is 8. The molecule has 0 fully saturated rings. The first-order chi connectivity index (χ1) is 13.5. The van der Waals surface area contributed by atoms with Gasteiger partial charge in [0.05, 0.1) is 12.2 Å². The van der Waals surface area contributed by atoms with Gasteiger partial charge in [-0.3, -0.25) is 9.69 Å². The van der Waals surface area contributed by atoms with Crippen LogP contribution in [0, 0.1) is 0 Å². The molecule has 0 unspecified atom stereocenters. The number of nitrogens with zero attached hydrogens (tertiary/aromatic N) is 1. The molecular formula is C24H37N3O. The van der Waals surface area contributed by atoms with E-state index < -0.39 is 0 Å². The fourth-order valence-electron chi connectivity index (χ4n) is 3.07. The van der Waals surface area contributed by atoms with E-state index in [1.165, 1.54) is 0 Å². The molecule has 154 valence electrons. The molecule has 2 N–H and O–H groups in total. The minimum absolute atomic E-state index is 0.0347. The molecule has 0 bridgehead atoms. The predicted molar refractivity (Wildman–Crippen MR) is 121 cm³/mol. The number of amides is 1. The smallest absolute Gasteiger partial charge is 0.238 e. The Bertz CT molecular complexity index is 687. The molecule has 0 saturated carbocycles. The van der Waals surface area contributed by atoms with Crippen molar-refractivity contribution < 1.29 is 4.79 Å². The summed E-state index contributed by atoms with van der Waals surface area (Å²) in [5.41, 5.74) is 5.20. The highest BCUT2D eigenvalue weighted by atomic mass is 16.2. The zero-order valence-corrected chi connectivity index (χ0v) is 18.3. The van der Waals surface area contributed by atoms with Crippen molar-refractivity contribution in [2.45, 2.75) is 53.9 Å². The zero-order valence-electron chi connectivity index (χ0n) is 18.3. The maximum atomic E-state index is 12.5. The fraction of sp³-hybridized carbons (Fsp3) is 0.458. The third-order valence-corrected chi connectivity index (χ3v) is 4.35. The van der Waals surface area contributed by atoms with Crippen LogP contribution in [0.3, 0.4) is 0 Å². The monoisotopic (exact) mass is 383 g/mol. The summed E-state index contributed by atoms with van der Waals surface area (Å²) in [5.74, 6) is 0.0347. The quantitative estimate of drug-likeness (QED) is 0.442. The molecule has 1 aliphatic rings. The molecule has 0 aromatic rings. The Hall–Kier alpha value is -2.33. The Kier molecular flexibility index (Phi) is 11.0. The molecule has 0 aliphatic carbocycles. The summed E-state index contributed by atoms with van der Waals surface area (Å²) in [6, 6.07) is 0. The molecular weight excluding hydrogens is 346 g/mol. The van der Waals surface area contributed by atoms with E-state index in [0.717, 1.165) is 60.5 Å². The molecule has 1 rings (SSSR count). The van der Waals surface area contributed by atoms with Crippen molar-refractivity contribution in [3.8, 4) is 0 Å². The molecule has 1 amide bonds. The van der Waals surface area contributed by atoms with Crippen LogP contribution < -0.4 is 10.6 Å². The van der Waals surface area contributed by atoms with Crippen LogP contribution in [0.2, 0.25) is 0 Å². The largest absolute Gasteiger partial charge is 0.358 e. The van der Waals surface area contributed by atoms with E-state index in [1.807, 2.05) is 32.2 Å². The third kappa shape index (κ3) is 8.57. The molecule has 4 nitrogen and oxygen atoms in total. The third-order valence-electron chi connectivity index (χ3n) is 4.35. The van der Waals surface area contributed by atoms with Crippen molar-refractivity contribution in [2.75, 3.05) is 19.6 Å². The normalized spacial score (nSPS) is 15.3. The van der Waals surface area contributed by atoms with Gasteiger partial charge in [0.15, 0.2) is 0 Å². The first-order valence-corrected chi connectivity index (χ1v) is 10.4. The van der Waals surface area contributed by atoms with Crippen molar-refractivity contribution in [1.82, 2.24) is 15.5 Å². The van der Waals surface area contributed by atoms with Gasteiger partial charge in [-0.15, -0.1) is 0 Å². The van der Waals surface area contributed by atoms with Gasteiger partial charge in [-0.1, -0.05) is 45.6 Å². The molecule has 1 heterocycles. The number of hydrogen-bond donors (Lipinski definition) is 2. The second-order valence-corrected chi connectivity index (χ2v) is 6.97. The van der Waals surface area contributed by atoms with Gasteiger partial charge in [0.2, 0.25) is 5.91 Å². The lowest BCUT2D eigenvalue weighted by molar-refractivity contribution is -0.121. The van der Waals surface area contributed by atoms with E-state index in [0.29, 0.717) is 6.54 Å². The second-order valence-electron chi connectivity index (χ2n) is 6.97. The molecule has 4 heteroatoms. The van der Waals surface area contributed by atoms with Crippen LogP contribution in [0.1, 0.15) is 53.9 Å². The highest BCUT2D eigenvalue weighted by molar-refractivity contribution is 5.80. The number of nitrogens with one attached hydrogen (secondary N) is 2. The summed E-state index contributed by atoms with van der Waals surface area (Å²) in [4.78, 5) is 14.7. The van der Waals surface area contributed by atoms with Gasteiger partial charge >= 0.3 is 0 Å². The Morgan fingerprint density at radius 3 is 2.29 bits per heavy atom. The molecule has 0 atom stereocenters. The van der Waals surface area contributed by atoms with Crippen LogP contribution >= 0.6 is 0 Å². The van der Waals surface area contributed by atoms with Gasteiger partial charge in [0.1, 0.15) is 0 Å². The average molecular weight is 384 g/mol. The lowest BCUT2D eigenvalue weighted by Gasteiger charge is -2.20. The van der Waals surface area contributed by atoms with Crippen molar-refractivity contribution in [2.24, 2.45) is 0 Å². The topological polar surface area (TPSA) is 54.3 Å². The molecule has 0 saturated heterocycles. The highest BCUT2D eigenvalue weighted by Crippen LogP contribution is 2.23. The first-order valence-electron chi connectivity index (χ1n) is 10.4. The summed E-state index contributed by atoms with van der Waals surface area (Å²) in [7, 11) is 0. The van der Waals surface area contributed by atoms with Gasteiger partial charge in [-0.05, 0) is 75.1 Å². The fourth-order valence-corrected chi connectivity index (χ4v) is 3.07. The zero-order chi connectivity index (χ0) is 20.9. The molecule has 0 aromatic carbocycles. The average Bonchev–Trinajstić information content (AvgIpc) is 3.48. The van der Waals surface area contributed by atoms with Crippen LogP contribution in [0.15, 0.2) is 71.3 Å². The summed E-state index contributed by atoms with van der Waals surface area (Å²) < 4.78 is 0. The van der Waals surface area contributed by atoms with Crippen LogP contribution in [0.25, 0.3) is 0 Å². The molecule has 0 spiro atoms. The number of hydrogen-bond acceptors (Lipinski definition) is 3. The predicted octanol–water partition coefficient (Wildman–Crippen LogP) is 4.97. The SMILES string of the molecule is C=CC(=C\CC)/C(=C\C(=C/C)C1=CN1)/C=C(\C)NC(=O)CN(CCC)CCC. The summed E-state index contributed by atoms with van der Waals surface area (Å²) in [6.07, 6.45) is 15.3. The van der Waals surface area contributed by atoms with Crippen molar-refractivity contribution in [3.05, 3.63) is 71.3 Å². The number of carbonyl (C=O) groups is 1. The van der Waals surface area contributed by atoms with Gasteiger partial charge in [0, 0.05) is 11.9 Å². The Morgan fingerprint density at radius 1 is 1.18 bits per heavy atom. The van der Waals surface area contributed by atoms with E-state index in [4.69, 9.17) is 0 Å². The summed E-state index contributed by atoms with van der Waals surface area (Å²) in [6.45, 7) is 16.6. The van der Waals surface area contributed by atoms with E-state index in [9.17, 15) is 4.79 Å². The van der Waals surface area contributed by atoms with E-state index in [-0.39, 0.29) is 5.91 Å². The van der Waals surface area contributed by atoms with Crippen LogP contribution in [-0.2, 0) is 4.79 Å². The van der Waals surface area contributed by atoms with E-state index >= 15 is 0 Å². The Morgan fingerprint density at radius 2 is 1.82 bits per heavy atom. The molecule has 28 heavy (non-hydrogen) atoms. The number of rotatable bonds is 13. The van der Waals surface area contributed by atoms with Gasteiger partial charge in [-0.25, -0.2) is 0 Å². The summed E-state index contributed by atoms with van der Waals surface area (Å²) in [5, 5.41) is 6.19. The Balaban J connectivity index is 2.98. The van der Waals surface area contributed by atoms with E-state index in [2.05, 4.69) is 61.1 Å². The lowest BCUT2D eigenvalue weighted by atomic mass is 10.00. The van der Waals surface area contributed by atoms with Gasteiger partial charge in [0.25, 0.3) is 0 Å². The Labute approximate surface area is 171 Å². The van der Waals surface area contributed by atoms with Gasteiger partial charge in [-0.2, -0.15) is 0 Å². The van der Waals surface area contributed by atoms with Crippen molar-refractivity contribution in [3.63, 3.8) is 0 Å². The number of carbonyl (C=O) groups excluding carboxylic acids is 1. The first kappa shape index (κ1) is 23.7. The van der Waals surface area contributed by atoms with Gasteiger partial charge < -0.3 is 10.6 Å². The standard InChI is InChI=1S/C24H37N3O/c1-7-12-20(10-4)22(16-21(11-5)23-17-25-23)15-19(6)26-24(28)18-27(13-8-2)14-9-3/h10-12,15-17,25H,4,7-9,13-14,18H2,1-3,5-6H3,(H,26,28)/b19-15+,20-12+,21-11+,22-16-. The highest BCUT2D eigenvalue weighted by Gasteiger charge is 2.12. The summed E-state index contributed by atoms with van der Waals surface area (Å²) >= 11 is 0. The molecule has 0 aromatic heterocycles. The second kappa shape index (κ2) is 12.9. The van der Waals surface area contributed by atoms with E-state index in [1.54, 1.807) is 0 Å². The van der Waals surface area contributed by atoms with Crippen LogP contribution in [0.4, 0.5) is 0 Å².